The molecule has 0 N–H and O–H groups in total. The van der Waals surface area contributed by atoms with Gasteiger partial charge in [-0.15, -0.1) is 0 Å². The molecule has 4 rings (SSSR count). The Morgan fingerprint density at radius 2 is 1.94 bits per heavy atom. The molecule has 1 aliphatic rings. The molecule has 11 heteroatoms. The van der Waals surface area contributed by atoms with Gasteiger partial charge in [-0.3, -0.25) is 14.2 Å². The Morgan fingerprint density at radius 1 is 1.22 bits per heavy atom. The minimum Gasteiger partial charge on any atom is -0.495 e. The number of carbonyl (C=O) groups is 1. The smallest absolute Gasteiger partial charge is 0.433 e. The number of ether oxygens (including phenoxy) is 1. The molecule has 2 aromatic heterocycles. The lowest BCUT2D eigenvalue weighted by molar-refractivity contribution is -0.143. The van der Waals surface area contributed by atoms with E-state index < -0.39 is 17.9 Å². The van der Waals surface area contributed by atoms with Gasteiger partial charge in [-0.25, -0.2) is 0 Å². The van der Waals surface area contributed by atoms with Crippen LogP contribution in [0.5, 0.6) is 5.75 Å². The van der Waals surface area contributed by atoms with E-state index in [-0.39, 0.29) is 16.6 Å². The summed E-state index contributed by atoms with van der Waals surface area (Å²) < 4.78 is 47.3. The lowest BCUT2D eigenvalue weighted by atomic mass is 9.96. The first kappa shape index (κ1) is 22.2. The molecule has 0 saturated carbocycles. The van der Waals surface area contributed by atoms with Crippen molar-refractivity contribution in [3.63, 3.8) is 0 Å². The minimum atomic E-state index is -4.51. The van der Waals surface area contributed by atoms with Crippen LogP contribution in [0.2, 0.25) is 5.02 Å². The van der Waals surface area contributed by atoms with Crippen LogP contribution in [0.25, 0.3) is 11.4 Å². The maximum atomic E-state index is 13.2. The predicted octanol–water partition coefficient (Wildman–Crippen LogP) is 4.26. The van der Waals surface area contributed by atoms with Gasteiger partial charge in [0.15, 0.2) is 0 Å². The Kier molecular flexibility index (Phi) is 5.44. The van der Waals surface area contributed by atoms with Crippen molar-refractivity contribution in [2.75, 3.05) is 13.7 Å². The number of aryl methyl sites for hydroxylation is 2. The highest BCUT2D eigenvalue weighted by molar-refractivity contribution is 6.35. The molecular formula is C21H21ClF3N5O2. The first-order valence-corrected chi connectivity index (χ1v) is 10.2. The van der Waals surface area contributed by atoms with E-state index in [0.29, 0.717) is 35.7 Å². The molecule has 1 aliphatic heterocycles. The summed E-state index contributed by atoms with van der Waals surface area (Å²) in [7, 11) is 4.39. The van der Waals surface area contributed by atoms with Gasteiger partial charge in [0.1, 0.15) is 17.1 Å². The van der Waals surface area contributed by atoms with E-state index in [0.717, 1.165) is 16.3 Å². The normalized spacial score (nSPS) is 16.2. The van der Waals surface area contributed by atoms with Crippen molar-refractivity contribution < 1.29 is 22.7 Å². The summed E-state index contributed by atoms with van der Waals surface area (Å²) in [4.78, 5) is 14.9. The largest absolute Gasteiger partial charge is 0.495 e. The van der Waals surface area contributed by atoms with Crippen molar-refractivity contribution in [3.8, 4) is 17.1 Å². The van der Waals surface area contributed by atoms with Crippen LogP contribution in [0, 0.1) is 0 Å². The lowest BCUT2D eigenvalue weighted by Crippen LogP contribution is -2.39. The summed E-state index contributed by atoms with van der Waals surface area (Å²) in [5.41, 5.74) is 1.60. The Morgan fingerprint density at radius 3 is 2.56 bits per heavy atom. The molecule has 0 bridgehead atoms. The number of carbonyl (C=O) groups excluding carboxylic acids is 1. The van der Waals surface area contributed by atoms with Crippen LogP contribution < -0.4 is 4.74 Å². The number of amides is 1. The summed E-state index contributed by atoms with van der Waals surface area (Å²) in [6.07, 6.45) is -4.08. The number of halogens is 4. The average Bonchev–Trinajstić information content (AvgIpc) is 3.27. The fraction of sp³-hybridized carbons (Fsp3) is 0.381. The number of benzene rings is 1. The zero-order valence-electron chi connectivity index (χ0n) is 17.9. The molecule has 0 unspecified atom stereocenters. The molecule has 1 atom stereocenters. The highest BCUT2D eigenvalue weighted by Gasteiger charge is 2.38. The third kappa shape index (κ3) is 3.52. The molecule has 0 radical (unpaired) electrons. The van der Waals surface area contributed by atoms with Gasteiger partial charge >= 0.3 is 6.18 Å². The van der Waals surface area contributed by atoms with Gasteiger partial charge in [0.25, 0.3) is 5.91 Å². The monoisotopic (exact) mass is 467 g/mol. The number of aromatic nitrogens is 4. The Hall–Kier alpha value is -3.01. The van der Waals surface area contributed by atoms with E-state index in [9.17, 15) is 18.0 Å². The van der Waals surface area contributed by atoms with E-state index in [2.05, 4.69) is 10.2 Å². The highest BCUT2D eigenvalue weighted by atomic mass is 35.5. The second-order valence-electron chi connectivity index (χ2n) is 7.62. The van der Waals surface area contributed by atoms with Crippen molar-refractivity contribution in [3.05, 3.63) is 51.8 Å². The number of hydrogen-bond acceptors (Lipinski definition) is 4. The fourth-order valence-corrected chi connectivity index (χ4v) is 4.46. The number of methoxy groups -OCH3 is 1. The minimum absolute atomic E-state index is 0.193. The van der Waals surface area contributed by atoms with Crippen LogP contribution >= 0.6 is 11.6 Å². The number of rotatable bonds is 3. The molecule has 0 spiro atoms. The van der Waals surface area contributed by atoms with Gasteiger partial charge in [-0.1, -0.05) is 17.7 Å². The highest BCUT2D eigenvalue weighted by Crippen LogP contribution is 2.38. The number of alkyl halides is 3. The van der Waals surface area contributed by atoms with Crippen LogP contribution in [0.15, 0.2) is 24.3 Å². The van der Waals surface area contributed by atoms with Gasteiger partial charge in [0.2, 0.25) is 0 Å². The van der Waals surface area contributed by atoms with E-state index in [4.69, 9.17) is 16.3 Å². The van der Waals surface area contributed by atoms with Crippen LogP contribution in [0.4, 0.5) is 13.2 Å². The maximum Gasteiger partial charge on any atom is 0.433 e. The molecular weight excluding hydrogens is 447 g/mol. The Labute approximate surface area is 187 Å². The average molecular weight is 468 g/mol. The summed E-state index contributed by atoms with van der Waals surface area (Å²) in [5, 5.41) is 8.83. The van der Waals surface area contributed by atoms with Crippen LogP contribution in [-0.4, -0.2) is 44.0 Å². The molecule has 32 heavy (non-hydrogen) atoms. The molecule has 0 aliphatic carbocycles. The summed E-state index contributed by atoms with van der Waals surface area (Å²) in [6, 6.07) is 5.61. The molecule has 170 valence electrons. The number of hydrogen-bond donors (Lipinski definition) is 0. The van der Waals surface area contributed by atoms with Crippen molar-refractivity contribution in [2.45, 2.75) is 25.6 Å². The van der Waals surface area contributed by atoms with Gasteiger partial charge in [0, 0.05) is 26.2 Å². The molecule has 3 heterocycles. The zero-order chi connectivity index (χ0) is 23.4. The Bertz CT molecular complexity index is 1200. The Balaban J connectivity index is 1.70. The zero-order valence-corrected chi connectivity index (χ0v) is 18.6. The van der Waals surface area contributed by atoms with Crippen molar-refractivity contribution in [1.82, 2.24) is 24.5 Å². The standard InChI is InChI=1S/C21H21ClF3N5O2/c1-11-18-13(8-9-30(11)20(31)12-6-5-7-15(32-4)17(12)22)19(29(3)27-18)14-10-16(21(23,24)25)28(2)26-14/h5-7,10-11H,8-9H2,1-4H3/t11-/m0/s1. The van der Waals surface area contributed by atoms with E-state index in [1.165, 1.54) is 18.8 Å². The predicted molar refractivity (Wildman–Crippen MR) is 112 cm³/mol. The van der Waals surface area contributed by atoms with Crippen molar-refractivity contribution in [1.29, 1.82) is 0 Å². The van der Waals surface area contributed by atoms with E-state index in [1.54, 1.807) is 30.1 Å². The summed E-state index contributed by atoms with van der Waals surface area (Å²) in [6.45, 7) is 2.19. The second-order valence-corrected chi connectivity index (χ2v) is 8.00. The third-order valence-corrected chi connectivity index (χ3v) is 6.12. The van der Waals surface area contributed by atoms with E-state index in [1.807, 2.05) is 6.92 Å². The summed E-state index contributed by atoms with van der Waals surface area (Å²) in [5.74, 6) is 0.134. The molecule has 0 fully saturated rings. The molecule has 1 amide bonds. The van der Waals surface area contributed by atoms with Crippen molar-refractivity contribution >= 4 is 17.5 Å². The third-order valence-electron chi connectivity index (χ3n) is 5.73. The second kappa shape index (κ2) is 7.84. The SMILES string of the molecule is COc1cccc(C(=O)N2CCc3c(nn(C)c3-c3cc(C(F)(F)F)n(C)n3)[C@@H]2C)c1Cl. The topological polar surface area (TPSA) is 65.2 Å². The lowest BCUT2D eigenvalue weighted by Gasteiger charge is -2.33. The molecule has 0 saturated heterocycles. The van der Waals surface area contributed by atoms with Crippen LogP contribution in [0.3, 0.4) is 0 Å². The van der Waals surface area contributed by atoms with Gasteiger partial charge in [-0.2, -0.15) is 23.4 Å². The number of nitrogens with zero attached hydrogens (tertiary/aromatic N) is 5. The summed E-state index contributed by atoms with van der Waals surface area (Å²) >= 11 is 6.34. The van der Waals surface area contributed by atoms with E-state index >= 15 is 0 Å². The van der Waals surface area contributed by atoms with Crippen LogP contribution in [-0.2, 0) is 26.7 Å². The van der Waals surface area contributed by atoms with Gasteiger partial charge in [0.05, 0.1) is 35.1 Å². The fourth-order valence-electron chi connectivity index (χ4n) is 4.18. The first-order valence-electron chi connectivity index (χ1n) is 9.85. The molecule has 7 nitrogen and oxygen atoms in total. The maximum absolute atomic E-state index is 13.2. The van der Waals surface area contributed by atoms with Crippen LogP contribution in [0.1, 0.15) is 40.3 Å². The first-order chi connectivity index (χ1) is 15.0. The van der Waals surface area contributed by atoms with Gasteiger partial charge in [-0.05, 0) is 31.5 Å². The van der Waals surface area contributed by atoms with Crippen molar-refractivity contribution in [2.24, 2.45) is 14.1 Å². The molecule has 1 aromatic carbocycles. The quantitative estimate of drug-likeness (QED) is 0.577. The molecule has 3 aromatic rings. The number of fused-ring (bicyclic) bond motifs is 1. The van der Waals surface area contributed by atoms with Gasteiger partial charge < -0.3 is 9.64 Å².